The Balaban J connectivity index is 1.74. The maximum Gasteiger partial charge on any atom is 0.305 e. The molecule has 0 radical (unpaired) electrons. The van der Waals surface area contributed by atoms with E-state index in [9.17, 15) is 13.2 Å². The molecule has 2 aromatic heterocycles. The highest BCUT2D eigenvalue weighted by atomic mass is 32.2. The van der Waals surface area contributed by atoms with Crippen molar-refractivity contribution in [2.75, 3.05) is 24.6 Å². The fourth-order valence-electron chi connectivity index (χ4n) is 3.83. The summed E-state index contributed by atoms with van der Waals surface area (Å²) in [4.78, 5) is 11.7. The number of rotatable bonds is 10. The third-order valence-corrected chi connectivity index (χ3v) is 8.16. The number of aryl methyl sites for hydroxylation is 1. The molecule has 0 N–H and O–H groups in total. The monoisotopic (exact) mass is 531 g/mol. The van der Waals surface area contributed by atoms with E-state index in [1.165, 1.54) is 22.3 Å². The Bertz CT molecular complexity index is 1330. The van der Waals surface area contributed by atoms with E-state index in [0.29, 0.717) is 24.4 Å². The quantitative estimate of drug-likeness (QED) is 0.357. The minimum atomic E-state index is -4.06. The van der Waals surface area contributed by atoms with Gasteiger partial charge < -0.3 is 14.2 Å². The largest absolute Gasteiger partial charge is 0.486 e. The second kappa shape index (κ2) is 11.2. The first-order chi connectivity index (χ1) is 17.3. The maximum absolute atomic E-state index is 14.0. The van der Waals surface area contributed by atoms with Gasteiger partial charge in [0.1, 0.15) is 11.9 Å². The van der Waals surface area contributed by atoms with Gasteiger partial charge in [-0.3, -0.25) is 13.8 Å². The van der Waals surface area contributed by atoms with Gasteiger partial charge in [0.25, 0.3) is 15.9 Å². The van der Waals surface area contributed by atoms with Crippen LogP contribution in [0.3, 0.4) is 0 Å². The summed E-state index contributed by atoms with van der Waals surface area (Å²) in [6, 6.07) is 7.42. The van der Waals surface area contributed by atoms with Gasteiger partial charge in [0.15, 0.2) is 4.90 Å². The Morgan fingerprint density at radius 2 is 2.06 bits per heavy atom. The molecule has 1 unspecified atom stereocenters. The summed E-state index contributed by atoms with van der Waals surface area (Å²) >= 11 is 1.60. The Morgan fingerprint density at radius 3 is 2.75 bits per heavy atom. The lowest BCUT2D eigenvalue weighted by Gasteiger charge is -2.35. The van der Waals surface area contributed by atoms with E-state index in [1.807, 2.05) is 42.0 Å². The molecule has 1 atom stereocenters. The first-order valence-electron chi connectivity index (χ1n) is 11.7. The predicted octanol–water partition coefficient (Wildman–Crippen LogP) is 4.44. The van der Waals surface area contributed by atoms with E-state index in [2.05, 4.69) is 5.10 Å². The van der Waals surface area contributed by atoms with Crippen LogP contribution in [0, 0.1) is 0 Å². The van der Waals surface area contributed by atoms with Crippen molar-refractivity contribution < 1.29 is 27.4 Å². The number of sulfonamides is 1. The van der Waals surface area contributed by atoms with Crippen molar-refractivity contribution >= 4 is 45.2 Å². The highest BCUT2D eigenvalue weighted by molar-refractivity contribution is 7.93. The predicted molar refractivity (Wildman–Crippen MR) is 139 cm³/mol. The van der Waals surface area contributed by atoms with E-state index in [0.717, 1.165) is 11.1 Å². The van der Waals surface area contributed by atoms with E-state index in [1.54, 1.807) is 30.4 Å². The zero-order valence-electron chi connectivity index (χ0n) is 20.4. The molecule has 1 aliphatic heterocycles. The van der Waals surface area contributed by atoms with Crippen molar-refractivity contribution in [2.45, 2.75) is 44.2 Å². The fourth-order valence-corrected chi connectivity index (χ4v) is 6.04. The van der Waals surface area contributed by atoms with Crippen LogP contribution in [-0.4, -0.2) is 50.5 Å². The van der Waals surface area contributed by atoms with Crippen LogP contribution in [0.25, 0.3) is 12.2 Å². The van der Waals surface area contributed by atoms with Crippen LogP contribution in [-0.2, 0) is 26.1 Å². The molecule has 36 heavy (non-hydrogen) atoms. The van der Waals surface area contributed by atoms with E-state index >= 15 is 0 Å². The molecule has 3 heterocycles. The second-order valence-electron chi connectivity index (χ2n) is 8.10. The summed E-state index contributed by atoms with van der Waals surface area (Å²) < 4.78 is 47.3. The minimum absolute atomic E-state index is 0.00927. The van der Waals surface area contributed by atoms with Crippen LogP contribution in [0.5, 0.6) is 11.6 Å². The van der Waals surface area contributed by atoms with Gasteiger partial charge in [0, 0.05) is 19.2 Å². The molecule has 11 heteroatoms. The summed E-state index contributed by atoms with van der Waals surface area (Å²) in [5, 5.41) is 8.31. The van der Waals surface area contributed by atoms with E-state index in [4.69, 9.17) is 14.2 Å². The van der Waals surface area contributed by atoms with Gasteiger partial charge in [-0.2, -0.15) is 11.3 Å². The number of benzene rings is 1. The van der Waals surface area contributed by atoms with Gasteiger partial charge in [0.2, 0.25) is 0 Å². The van der Waals surface area contributed by atoms with Crippen molar-refractivity contribution in [3.05, 3.63) is 52.3 Å². The number of thiophene rings is 1. The summed E-state index contributed by atoms with van der Waals surface area (Å²) in [5.74, 6) is 0.107. The molecule has 4 rings (SSSR count). The first kappa shape index (κ1) is 25.8. The van der Waals surface area contributed by atoms with Gasteiger partial charge in [-0.15, -0.1) is 5.10 Å². The smallest absolute Gasteiger partial charge is 0.305 e. The number of nitrogens with zero attached hydrogens (tertiary/aromatic N) is 3. The van der Waals surface area contributed by atoms with Crippen LogP contribution in [0.1, 0.15) is 37.8 Å². The SMILES string of the molecule is CCOc1nn(CC)cc1S(=O)(=O)N1CC(CCC(=O)OC)Oc2ccc(C=Cc3ccsc3)cc21. The third-order valence-electron chi connectivity index (χ3n) is 5.69. The van der Waals surface area contributed by atoms with Gasteiger partial charge in [-0.25, -0.2) is 8.42 Å². The van der Waals surface area contributed by atoms with E-state index < -0.39 is 16.1 Å². The van der Waals surface area contributed by atoms with Gasteiger partial charge >= 0.3 is 5.97 Å². The normalized spacial score (nSPS) is 15.5. The van der Waals surface area contributed by atoms with Gasteiger partial charge in [-0.1, -0.05) is 18.2 Å². The lowest BCUT2D eigenvalue weighted by Crippen LogP contribution is -2.43. The second-order valence-corrected chi connectivity index (χ2v) is 10.7. The van der Waals surface area contributed by atoms with Crippen molar-refractivity contribution in [3.8, 4) is 11.6 Å². The molecule has 0 bridgehead atoms. The lowest BCUT2D eigenvalue weighted by atomic mass is 10.1. The molecule has 1 aliphatic rings. The molecule has 0 amide bonds. The summed E-state index contributed by atoms with van der Waals surface area (Å²) in [7, 11) is -2.74. The van der Waals surface area contributed by atoms with Crippen molar-refractivity contribution in [1.82, 2.24) is 9.78 Å². The number of anilines is 1. The Labute approximate surface area is 214 Å². The molecule has 3 aromatic rings. The molecule has 0 fully saturated rings. The number of esters is 1. The molecular weight excluding hydrogens is 502 g/mol. The Hall–Kier alpha value is -3.31. The van der Waals surface area contributed by atoms with Crippen molar-refractivity contribution in [1.29, 1.82) is 0 Å². The molecule has 0 aliphatic carbocycles. The molecule has 192 valence electrons. The number of hydrogen-bond acceptors (Lipinski definition) is 8. The van der Waals surface area contributed by atoms with Crippen molar-refractivity contribution in [3.63, 3.8) is 0 Å². The fraction of sp³-hybridized carbons (Fsp3) is 0.360. The standard InChI is InChI=1S/C25H29N3O6S2/c1-4-27-16-23(25(26-27)33-5-2)36(30,31)28-15-20(9-11-24(29)32-3)34-22-10-8-18(14-21(22)28)6-7-19-12-13-35-17-19/h6-8,10,12-14,16-17,20H,4-5,9,11,15H2,1-3H3. The topological polar surface area (TPSA) is 100.0 Å². The molecular formula is C25H29N3O6S2. The summed E-state index contributed by atoms with van der Waals surface area (Å²) in [6.07, 6.45) is 5.28. The Morgan fingerprint density at radius 1 is 1.25 bits per heavy atom. The van der Waals surface area contributed by atoms with Crippen LogP contribution < -0.4 is 13.8 Å². The first-order valence-corrected chi connectivity index (χ1v) is 14.0. The number of methoxy groups -OCH3 is 1. The Kier molecular flexibility index (Phi) is 8.00. The van der Waals surface area contributed by atoms with Crippen LogP contribution in [0.2, 0.25) is 0 Å². The highest BCUT2D eigenvalue weighted by Gasteiger charge is 2.37. The molecule has 9 nitrogen and oxygen atoms in total. The maximum atomic E-state index is 14.0. The van der Waals surface area contributed by atoms with Gasteiger partial charge in [0.05, 0.1) is 25.9 Å². The van der Waals surface area contributed by atoms with Crippen LogP contribution >= 0.6 is 11.3 Å². The van der Waals surface area contributed by atoms with Gasteiger partial charge in [-0.05, 0) is 60.4 Å². The number of hydrogen-bond donors (Lipinski definition) is 0. The molecule has 1 aromatic carbocycles. The molecule has 0 saturated carbocycles. The summed E-state index contributed by atoms with van der Waals surface area (Å²) in [5.41, 5.74) is 2.31. The average molecular weight is 532 g/mol. The zero-order chi connectivity index (χ0) is 25.7. The molecule has 0 spiro atoms. The van der Waals surface area contributed by atoms with E-state index in [-0.39, 0.29) is 36.3 Å². The van der Waals surface area contributed by atoms with Crippen molar-refractivity contribution in [2.24, 2.45) is 0 Å². The lowest BCUT2D eigenvalue weighted by molar-refractivity contribution is -0.141. The number of ether oxygens (including phenoxy) is 3. The van der Waals surface area contributed by atoms with Crippen LogP contribution in [0.4, 0.5) is 5.69 Å². The zero-order valence-corrected chi connectivity index (χ0v) is 22.0. The number of carbonyl (C=O) groups excluding carboxylic acids is 1. The third kappa shape index (κ3) is 5.57. The number of aromatic nitrogens is 2. The summed E-state index contributed by atoms with van der Waals surface area (Å²) in [6.45, 7) is 4.46. The number of fused-ring (bicyclic) bond motifs is 1. The number of carbonyl (C=O) groups is 1. The average Bonchev–Trinajstić information content (AvgIpc) is 3.56. The minimum Gasteiger partial charge on any atom is -0.486 e. The van der Waals surface area contributed by atoms with Crippen LogP contribution in [0.15, 0.2) is 46.1 Å². The molecule has 0 saturated heterocycles. The highest BCUT2D eigenvalue weighted by Crippen LogP contribution is 2.40.